The van der Waals surface area contributed by atoms with Crippen molar-refractivity contribution in [2.45, 2.75) is 31.2 Å². The standard InChI is InChI=1S/C10H19ClN2O/c1-8(11)10(14)13-6-4-5-9(7-13)12(2)3/h8-9H,4-7H2,1-3H3. The highest BCUT2D eigenvalue weighted by molar-refractivity contribution is 6.30. The Labute approximate surface area is 91.0 Å². The van der Waals surface area contributed by atoms with Gasteiger partial charge >= 0.3 is 0 Å². The predicted octanol–water partition coefficient (Wildman–Crippen LogP) is 1.17. The largest absolute Gasteiger partial charge is 0.340 e. The lowest BCUT2D eigenvalue weighted by Crippen LogP contribution is -2.49. The summed E-state index contributed by atoms with van der Waals surface area (Å²) in [6, 6.07) is 0.489. The van der Waals surface area contributed by atoms with Crippen LogP contribution in [0.1, 0.15) is 19.8 Å². The summed E-state index contributed by atoms with van der Waals surface area (Å²) in [5.74, 6) is 0.0678. The third-order valence-electron chi connectivity index (χ3n) is 2.78. The number of carbonyl (C=O) groups excluding carboxylic acids is 1. The van der Waals surface area contributed by atoms with Gasteiger partial charge in [-0.3, -0.25) is 4.79 Å². The van der Waals surface area contributed by atoms with E-state index in [4.69, 9.17) is 11.6 Å². The summed E-state index contributed by atoms with van der Waals surface area (Å²) in [5, 5.41) is -0.393. The van der Waals surface area contributed by atoms with Crippen molar-refractivity contribution >= 4 is 17.5 Å². The maximum absolute atomic E-state index is 11.6. The van der Waals surface area contributed by atoms with Crippen molar-refractivity contribution in [2.24, 2.45) is 0 Å². The van der Waals surface area contributed by atoms with Crippen molar-refractivity contribution in [3.8, 4) is 0 Å². The highest BCUT2D eigenvalue weighted by Gasteiger charge is 2.26. The fraction of sp³-hybridized carbons (Fsp3) is 0.900. The van der Waals surface area contributed by atoms with Gasteiger partial charge in [0, 0.05) is 19.1 Å². The first-order valence-electron chi connectivity index (χ1n) is 5.11. The summed E-state index contributed by atoms with van der Waals surface area (Å²) in [6.07, 6.45) is 2.26. The molecule has 1 aliphatic heterocycles. The summed E-state index contributed by atoms with van der Waals surface area (Å²) in [5.41, 5.74) is 0. The van der Waals surface area contributed by atoms with Crippen LogP contribution in [0.2, 0.25) is 0 Å². The van der Waals surface area contributed by atoms with Crippen LogP contribution in [0.15, 0.2) is 0 Å². The zero-order valence-corrected chi connectivity index (χ0v) is 9.92. The van der Waals surface area contributed by atoms with Gasteiger partial charge in [-0.05, 0) is 33.9 Å². The molecule has 1 aliphatic rings. The van der Waals surface area contributed by atoms with Crippen molar-refractivity contribution in [1.82, 2.24) is 9.80 Å². The molecule has 2 atom stereocenters. The minimum Gasteiger partial charge on any atom is -0.340 e. The van der Waals surface area contributed by atoms with Gasteiger partial charge in [0.15, 0.2) is 0 Å². The molecule has 1 saturated heterocycles. The summed E-state index contributed by atoms with van der Waals surface area (Å²) >= 11 is 5.78. The fourth-order valence-electron chi connectivity index (χ4n) is 1.83. The molecular weight excluding hydrogens is 200 g/mol. The molecule has 0 radical (unpaired) electrons. The van der Waals surface area contributed by atoms with E-state index >= 15 is 0 Å². The van der Waals surface area contributed by atoms with Crippen LogP contribution in [-0.4, -0.2) is 54.3 Å². The van der Waals surface area contributed by atoms with Crippen LogP contribution in [0.25, 0.3) is 0 Å². The number of amides is 1. The van der Waals surface area contributed by atoms with Gasteiger partial charge in [-0.15, -0.1) is 11.6 Å². The van der Waals surface area contributed by atoms with Crippen LogP contribution in [0.4, 0.5) is 0 Å². The van der Waals surface area contributed by atoms with E-state index in [1.807, 2.05) is 4.90 Å². The van der Waals surface area contributed by atoms with Gasteiger partial charge in [-0.25, -0.2) is 0 Å². The molecule has 1 amide bonds. The molecule has 0 aromatic carbocycles. The summed E-state index contributed by atoms with van der Waals surface area (Å²) in [6.45, 7) is 3.42. The Kier molecular flexibility index (Phi) is 4.20. The number of hydrogen-bond acceptors (Lipinski definition) is 2. The van der Waals surface area contributed by atoms with Crippen LogP contribution < -0.4 is 0 Å². The quantitative estimate of drug-likeness (QED) is 0.650. The van der Waals surface area contributed by atoms with E-state index in [9.17, 15) is 4.79 Å². The van der Waals surface area contributed by atoms with E-state index in [0.29, 0.717) is 6.04 Å². The van der Waals surface area contributed by atoms with Gasteiger partial charge in [0.05, 0.1) is 0 Å². The first kappa shape index (κ1) is 11.8. The van der Waals surface area contributed by atoms with Crippen LogP contribution in [-0.2, 0) is 4.79 Å². The number of carbonyl (C=O) groups is 1. The highest BCUT2D eigenvalue weighted by atomic mass is 35.5. The SMILES string of the molecule is CC(Cl)C(=O)N1CCCC(N(C)C)C1. The van der Waals surface area contributed by atoms with E-state index in [-0.39, 0.29) is 5.91 Å². The second-order valence-corrected chi connectivity index (χ2v) is 4.81. The molecule has 3 nitrogen and oxygen atoms in total. The van der Waals surface area contributed by atoms with E-state index in [2.05, 4.69) is 19.0 Å². The number of likely N-dealkylation sites (N-methyl/N-ethyl adjacent to an activating group) is 1. The van der Waals surface area contributed by atoms with Crippen LogP contribution >= 0.6 is 11.6 Å². The molecule has 0 saturated carbocycles. The number of likely N-dealkylation sites (tertiary alicyclic amines) is 1. The van der Waals surface area contributed by atoms with E-state index < -0.39 is 5.38 Å². The lowest BCUT2D eigenvalue weighted by Gasteiger charge is -2.36. The molecule has 0 aliphatic carbocycles. The van der Waals surface area contributed by atoms with E-state index in [1.165, 1.54) is 6.42 Å². The maximum atomic E-state index is 11.6. The zero-order valence-electron chi connectivity index (χ0n) is 9.16. The maximum Gasteiger partial charge on any atom is 0.240 e. The fourth-order valence-corrected chi connectivity index (χ4v) is 1.97. The second-order valence-electron chi connectivity index (χ2n) is 4.16. The molecule has 0 spiro atoms. The highest BCUT2D eigenvalue weighted by Crippen LogP contribution is 2.15. The van der Waals surface area contributed by atoms with Crippen LogP contribution in [0.5, 0.6) is 0 Å². The number of halogens is 1. The third kappa shape index (κ3) is 2.85. The summed E-state index contributed by atoms with van der Waals surface area (Å²) < 4.78 is 0. The number of piperidine rings is 1. The molecule has 0 N–H and O–H groups in total. The Bertz CT molecular complexity index is 206. The first-order chi connectivity index (χ1) is 6.52. The zero-order chi connectivity index (χ0) is 10.7. The molecule has 4 heteroatoms. The monoisotopic (exact) mass is 218 g/mol. The molecule has 82 valence electrons. The minimum atomic E-state index is -0.393. The van der Waals surface area contributed by atoms with E-state index in [0.717, 1.165) is 19.5 Å². The Morgan fingerprint density at radius 2 is 2.21 bits per heavy atom. The van der Waals surface area contributed by atoms with Crippen molar-refractivity contribution in [2.75, 3.05) is 27.2 Å². The third-order valence-corrected chi connectivity index (χ3v) is 2.97. The molecule has 1 heterocycles. The molecular formula is C10H19ClN2O. The Morgan fingerprint density at radius 1 is 1.57 bits per heavy atom. The molecule has 0 aromatic rings. The molecule has 1 rings (SSSR count). The van der Waals surface area contributed by atoms with Gasteiger partial charge in [-0.2, -0.15) is 0 Å². The first-order valence-corrected chi connectivity index (χ1v) is 5.55. The summed E-state index contributed by atoms with van der Waals surface area (Å²) in [7, 11) is 4.12. The topological polar surface area (TPSA) is 23.6 Å². The lowest BCUT2D eigenvalue weighted by atomic mass is 10.0. The summed E-state index contributed by atoms with van der Waals surface area (Å²) in [4.78, 5) is 15.7. The predicted molar refractivity (Wildman–Crippen MR) is 58.6 cm³/mol. The molecule has 0 aromatic heterocycles. The normalized spacial score (nSPS) is 25.2. The Hall–Kier alpha value is -0.280. The molecule has 2 unspecified atom stereocenters. The minimum absolute atomic E-state index is 0.0678. The van der Waals surface area contributed by atoms with Crippen LogP contribution in [0.3, 0.4) is 0 Å². The number of nitrogens with zero attached hydrogens (tertiary/aromatic N) is 2. The second kappa shape index (κ2) is 4.99. The number of alkyl halides is 1. The van der Waals surface area contributed by atoms with Gasteiger partial charge in [0.25, 0.3) is 0 Å². The van der Waals surface area contributed by atoms with Crippen molar-refractivity contribution in [1.29, 1.82) is 0 Å². The van der Waals surface area contributed by atoms with Gasteiger partial charge in [-0.1, -0.05) is 0 Å². The Balaban J connectivity index is 2.51. The molecule has 14 heavy (non-hydrogen) atoms. The van der Waals surface area contributed by atoms with Crippen molar-refractivity contribution < 1.29 is 4.79 Å². The van der Waals surface area contributed by atoms with Crippen LogP contribution in [0, 0.1) is 0 Å². The molecule has 0 bridgehead atoms. The van der Waals surface area contributed by atoms with Crippen molar-refractivity contribution in [3.05, 3.63) is 0 Å². The lowest BCUT2D eigenvalue weighted by molar-refractivity contribution is -0.132. The van der Waals surface area contributed by atoms with Gasteiger partial charge < -0.3 is 9.80 Å². The molecule has 1 fully saturated rings. The average Bonchev–Trinajstić information content (AvgIpc) is 2.16. The van der Waals surface area contributed by atoms with Crippen molar-refractivity contribution in [3.63, 3.8) is 0 Å². The van der Waals surface area contributed by atoms with E-state index in [1.54, 1.807) is 6.92 Å². The van der Waals surface area contributed by atoms with Gasteiger partial charge in [0.2, 0.25) is 5.91 Å². The smallest absolute Gasteiger partial charge is 0.240 e. The number of hydrogen-bond donors (Lipinski definition) is 0. The average molecular weight is 219 g/mol. The number of rotatable bonds is 2. The van der Waals surface area contributed by atoms with Gasteiger partial charge in [0.1, 0.15) is 5.38 Å². The Morgan fingerprint density at radius 3 is 2.71 bits per heavy atom.